The number of fused-ring (bicyclic) bond motifs is 1. The molecule has 0 saturated heterocycles. The first-order valence-corrected chi connectivity index (χ1v) is 12.0. The Kier molecular flexibility index (Phi) is 7.08. The van der Waals surface area contributed by atoms with Gasteiger partial charge in [0.15, 0.2) is 5.78 Å². The van der Waals surface area contributed by atoms with E-state index in [1.54, 1.807) is 13.8 Å². The number of nitrogens with zero attached hydrogens (tertiary/aromatic N) is 1. The van der Waals surface area contributed by atoms with Crippen molar-refractivity contribution in [2.75, 3.05) is 13.2 Å². The Morgan fingerprint density at radius 2 is 1.63 bits per heavy atom. The van der Waals surface area contributed by atoms with E-state index < -0.39 is 41.1 Å². The number of rotatable bonds is 7. The molecule has 0 radical (unpaired) electrons. The Labute approximate surface area is 204 Å². The van der Waals surface area contributed by atoms with Crippen molar-refractivity contribution in [1.29, 1.82) is 0 Å². The lowest BCUT2D eigenvalue weighted by atomic mass is 9.61. The number of ketones is 1. The zero-order chi connectivity index (χ0) is 25.2. The molecule has 1 N–H and O–H groups in total. The van der Waals surface area contributed by atoms with Gasteiger partial charge in [0.1, 0.15) is 5.92 Å². The highest BCUT2D eigenvalue weighted by atomic mass is 16.5. The summed E-state index contributed by atoms with van der Waals surface area (Å²) in [6.07, 6.45) is 1.55. The third-order valence-corrected chi connectivity index (χ3v) is 6.72. The van der Waals surface area contributed by atoms with Crippen LogP contribution in [-0.2, 0) is 30.4 Å². The van der Waals surface area contributed by atoms with Crippen LogP contribution in [0, 0.1) is 11.8 Å². The van der Waals surface area contributed by atoms with Crippen molar-refractivity contribution in [2.24, 2.45) is 11.8 Å². The number of esters is 2. The van der Waals surface area contributed by atoms with Crippen LogP contribution in [0.3, 0.4) is 0 Å². The first-order valence-electron chi connectivity index (χ1n) is 12.0. The lowest BCUT2D eigenvalue weighted by Gasteiger charge is -2.43. The highest BCUT2D eigenvalue weighted by Crippen LogP contribution is 2.48. The minimum atomic E-state index is -1.68. The average molecular weight is 478 g/mol. The largest absolute Gasteiger partial charge is 0.466 e. The van der Waals surface area contributed by atoms with Crippen molar-refractivity contribution in [3.63, 3.8) is 0 Å². The average Bonchev–Trinajstić information content (AvgIpc) is 3.17. The minimum Gasteiger partial charge on any atom is -0.466 e. The summed E-state index contributed by atoms with van der Waals surface area (Å²) in [5, 5.41) is 12.1. The van der Waals surface area contributed by atoms with Gasteiger partial charge in [-0.3, -0.25) is 14.4 Å². The van der Waals surface area contributed by atoms with Gasteiger partial charge in [-0.1, -0.05) is 48.5 Å². The summed E-state index contributed by atoms with van der Waals surface area (Å²) in [5.74, 6) is -5.05. The second kappa shape index (κ2) is 10.0. The van der Waals surface area contributed by atoms with Gasteiger partial charge < -0.3 is 19.1 Å². The molecule has 0 spiro atoms. The monoisotopic (exact) mass is 477 g/mol. The molecule has 1 aliphatic rings. The molecule has 0 bridgehead atoms. The normalized spacial score (nSPS) is 24.3. The molecule has 4 atom stereocenters. The molecular formula is C28H31NO6. The van der Waals surface area contributed by atoms with Crippen LogP contribution >= 0.6 is 0 Å². The maximum absolute atomic E-state index is 13.3. The lowest BCUT2D eigenvalue weighted by molar-refractivity contribution is -0.172. The molecule has 1 aromatic heterocycles. The molecular weight excluding hydrogens is 446 g/mol. The van der Waals surface area contributed by atoms with Crippen molar-refractivity contribution in [2.45, 2.75) is 45.3 Å². The summed E-state index contributed by atoms with van der Waals surface area (Å²) in [5.41, 5.74) is 0.935. The van der Waals surface area contributed by atoms with E-state index in [0.717, 1.165) is 16.5 Å². The minimum absolute atomic E-state index is 0.103. The standard InChI is InChI=1S/C28H31NO6/c1-4-34-26(31)24-22(30)15-28(3,33)25(27(32)35-5-2)23(24)20-17-29(16-18-11-7-6-8-12-18)21-14-10-9-13-19(20)21/h6-14,17,23-25,33H,4-5,15-16H2,1-3H3/t23-,24-,25+,28-/m0/s1. The van der Waals surface area contributed by atoms with Gasteiger partial charge in [-0.15, -0.1) is 0 Å². The molecule has 1 heterocycles. The van der Waals surface area contributed by atoms with Gasteiger partial charge in [0.2, 0.25) is 0 Å². The van der Waals surface area contributed by atoms with Crippen LogP contribution in [0.5, 0.6) is 0 Å². The molecule has 7 nitrogen and oxygen atoms in total. The van der Waals surface area contributed by atoms with Crippen LogP contribution in [0.2, 0.25) is 0 Å². The second-order valence-corrected chi connectivity index (χ2v) is 9.20. The van der Waals surface area contributed by atoms with E-state index >= 15 is 0 Å². The first kappa shape index (κ1) is 24.7. The molecule has 0 aliphatic heterocycles. The van der Waals surface area contributed by atoms with E-state index in [-0.39, 0.29) is 19.6 Å². The van der Waals surface area contributed by atoms with E-state index in [1.807, 2.05) is 65.4 Å². The van der Waals surface area contributed by atoms with Crippen LogP contribution in [0.4, 0.5) is 0 Å². The van der Waals surface area contributed by atoms with Gasteiger partial charge in [-0.25, -0.2) is 0 Å². The Morgan fingerprint density at radius 3 is 2.31 bits per heavy atom. The van der Waals surface area contributed by atoms with Crippen molar-refractivity contribution >= 4 is 28.6 Å². The van der Waals surface area contributed by atoms with E-state index in [1.165, 1.54) is 6.92 Å². The number of benzene rings is 2. The number of Topliss-reactive ketones (excluding diaryl/α,β-unsaturated/α-hetero) is 1. The molecule has 4 rings (SSSR count). The molecule has 184 valence electrons. The summed E-state index contributed by atoms with van der Waals surface area (Å²) in [6, 6.07) is 17.6. The van der Waals surface area contributed by atoms with Gasteiger partial charge in [0.25, 0.3) is 0 Å². The summed E-state index contributed by atoms with van der Waals surface area (Å²) in [6.45, 7) is 5.60. The molecule has 7 heteroatoms. The zero-order valence-corrected chi connectivity index (χ0v) is 20.3. The van der Waals surface area contributed by atoms with Gasteiger partial charge in [-0.05, 0) is 38.0 Å². The Hall–Kier alpha value is -3.45. The topological polar surface area (TPSA) is 94.8 Å². The third-order valence-electron chi connectivity index (χ3n) is 6.72. The Balaban J connectivity index is 1.92. The van der Waals surface area contributed by atoms with Gasteiger partial charge in [0.05, 0.1) is 24.7 Å². The number of ether oxygens (including phenoxy) is 2. The second-order valence-electron chi connectivity index (χ2n) is 9.20. The summed E-state index contributed by atoms with van der Waals surface area (Å²) >= 11 is 0. The predicted molar refractivity (Wildman–Crippen MR) is 131 cm³/mol. The number of hydrogen-bond donors (Lipinski definition) is 1. The number of carbonyl (C=O) groups excluding carboxylic acids is 3. The fraction of sp³-hybridized carbons (Fsp3) is 0.393. The SMILES string of the molecule is CCOC(=O)[C@H]1C(=O)C[C@](C)(O)[C@@H](C(=O)OCC)[C@H]1c1cn(Cc2ccccc2)c2ccccc12. The molecule has 1 aliphatic carbocycles. The maximum atomic E-state index is 13.3. The van der Waals surface area contributed by atoms with E-state index in [9.17, 15) is 19.5 Å². The van der Waals surface area contributed by atoms with Crippen molar-refractivity contribution in [3.05, 3.63) is 71.9 Å². The molecule has 1 saturated carbocycles. The van der Waals surface area contributed by atoms with Crippen molar-refractivity contribution in [3.8, 4) is 0 Å². The van der Waals surface area contributed by atoms with E-state index in [0.29, 0.717) is 12.1 Å². The predicted octanol–water partition coefficient (Wildman–Crippen LogP) is 3.86. The van der Waals surface area contributed by atoms with Gasteiger partial charge in [-0.2, -0.15) is 0 Å². The summed E-state index contributed by atoms with van der Waals surface area (Å²) < 4.78 is 12.7. The van der Waals surface area contributed by atoms with Crippen LogP contribution in [0.15, 0.2) is 60.8 Å². The lowest BCUT2D eigenvalue weighted by Crippen LogP contribution is -2.55. The fourth-order valence-electron chi connectivity index (χ4n) is 5.31. The van der Waals surface area contributed by atoms with Crippen molar-refractivity contribution < 1.29 is 29.0 Å². The molecule has 2 aromatic carbocycles. The third kappa shape index (κ3) is 4.73. The van der Waals surface area contributed by atoms with E-state index in [2.05, 4.69) is 0 Å². The number of aliphatic hydroxyl groups is 1. The fourth-order valence-corrected chi connectivity index (χ4v) is 5.31. The first-order chi connectivity index (χ1) is 16.8. The van der Waals surface area contributed by atoms with Crippen LogP contribution in [0.25, 0.3) is 10.9 Å². The summed E-state index contributed by atoms with van der Waals surface area (Å²) in [7, 11) is 0. The summed E-state index contributed by atoms with van der Waals surface area (Å²) in [4.78, 5) is 39.5. The highest BCUT2D eigenvalue weighted by molar-refractivity contribution is 6.03. The molecule has 1 fully saturated rings. The maximum Gasteiger partial charge on any atom is 0.317 e. The van der Waals surface area contributed by atoms with Crippen molar-refractivity contribution in [1.82, 2.24) is 4.57 Å². The molecule has 3 aromatic rings. The molecule has 0 amide bonds. The molecule has 35 heavy (non-hydrogen) atoms. The number of hydrogen-bond acceptors (Lipinski definition) is 6. The zero-order valence-electron chi connectivity index (χ0n) is 20.3. The number of carbonyl (C=O) groups is 3. The van der Waals surface area contributed by atoms with E-state index in [4.69, 9.17) is 9.47 Å². The Bertz CT molecular complexity index is 1230. The van der Waals surface area contributed by atoms with Crippen LogP contribution < -0.4 is 0 Å². The van der Waals surface area contributed by atoms with Crippen LogP contribution in [0.1, 0.15) is 44.2 Å². The Morgan fingerprint density at radius 1 is 1.00 bits per heavy atom. The van der Waals surface area contributed by atoms with Gasteiger partial charge in [0, 0.05) is 36.0 Å². The molecule has 0 unspecified atom stereocenters. The van der Waals surface area contributed by atoms with Crippen LogP contribution in [-0.4, -0.2) is 46.2 Å². The highest BCUT2D eigenvalue weighted by Gasteiger charge is 2.57. The number of aromatic nitrogens is 1. The van der Waals surface area contributed by atoms with Gasteiger partial charge >= 0.3 is 11.9 Å². The number of para-hydroxylation sites is 1. The quantitative estimate of drug-likeness (QED) is 0.410. The smallest absolute Gasteiger partial charge is 0.317 e.